The number of nitrogens with one attached hydrogen (secondary N) is 2. The predicted octanol–water partition coefficient (Wildman–Crippen LogP) is 3.43. The average molecular weight is 397 g/mol. The average Bonchev–Trinajstić information content (AvgIpc) is 3.45. The van der Waals surface area contributed by atoms with Gasteiger partial charge in [0.2, 0.25) is 5.91 Å². The topological polar surface area (TPSA) is 70.2 Å². The van der Waals surface area contributed by atoms with E-state index in [1.54, 1.807) is 11.3 Å². The van der Waals surface area contributed by atoms with Gasteiger partial charge in [-0.3, -0.25) is 4.79 Å². The first-order valence-corrected chi connectivity index (χ1v) is 10.7. The molecule has 0 aliphatic carbocycles. The largest absolute Gasteiger partial charge is 0.373 e. The van der Waals surface area contributed by atoms with Gasteiger partial charge in [-0.25, -0.2) is 4.98 Å². The third kappa shape index (κ3) is 3.40. The smallest absolute Gasteiger partial charge is 0.227 e. The van der Waals surface area contributed by atoms with Crippen LogP contribution in [0.2, 0.25) is 0 Å². The molecule has 28 heavy (non-hydrogen) atoms. The summed E-state index contributed by atoms with van der Waals surface area (Å²) in [5.41, 5.74) is 2.07. The number of para-hydroxylation sites is 1. The number of carbonyl (C=O) groups is 1. The molecule has 2 aliphatic heterocycles. The van der Waals surface area contributed by atoms with Gasteiger partial charge in [0.15, 0.2) is 5.13 Å². The minimum Gasteiger partial charge on any atom is -0.373 e. The summed E-state index contributed by atoms with van der Waals surface area (Å²) in [6, 6.07) is 8.44. The van der Waals surface area contributed by atoms with Gasteiger partial charge in [-0.1, -0.05) is 18.2 Å². The number of aromatic amines is 1. The maximum absolute atomic E-state index is 12.8. The molecule has 2 N–H and O–H groups in total. The zero-order chi connectivity index (χ0) is 19.0. The molecule has 1 amide bonds. The van der Waals surface area contributed by atoms with Crippen LogP contribution in [0, 0.1) is 0 Å². The molecule has 2 fully saturated rings. The highest BCUT2D eigenvalue weighted by molar-refractivity contribution is 7.13. The first kappa shape index (κ1) is 17.7. The van der Waals surface area contributed by atoms with Crippen LogP contribution in [0.15, 0.2) is 42.0 Å². The van der Waals surface area contributed by atoms with Crippen LogP contribution in [0.4, 0.5) is 5.13 Å². The highest BCUT2D eigenvalue weighted by Crippen LogP contribution is 2.37. The van der Waals surface area contributed by atoms with E-state index in [4.69, 9.17) is 4.74 Å². The van der Waals surface area contributed by atoms with Gasteiger partial charge in [0.25, 0.3) is 0 Å². The van der Waals surface area contributed by atoms with Crippen molar-refractivity contribution in [3.63, 3.8) is 0 Å². The fraction of sp³-hybridized carbons (Fsp3) is 0.429. The predicted molar refractivity (Wildman–Crippen MR) is 111 cm³/mol. The third-order valence-corrected chi connectivity index (χ3v) is 6.72. The summed E-state index contributed by atoms with van der Waals surface area (Å²) in [6.07, 6.45) is 7.02. The SMILES string of the molecule is O=C(Cc1c[nH]c2ccccc12)N1CCC2(CC1)CC(Nc1nccs1)CO2. The number of H-pyrrole nitrogens is 1. The van der Waals surface area contributed by atoms with Gasteiger partial charge in [-0.05, 0) is 30.9 Å². The number of carbonyl (C=O) groups excluding carboxylic acids is 1. The first-order chi connectivity index (χ1) is 13.7. The summed E-state index contributed by atoms with van der Waals surface area (Å²) in [5.74, 6) is 0.204. The van der Waals surface area contributed by atoms with Crippen molar-refractivity contribution in [3.05, 3.63) is 47.6 Å². The monoisotopic (exact) mass is 396 g/mol. The number of likely N-dealkylation sites (tertiary alicyclic amines) is 1. The van der Waals surface area contributed by atoms with E-state index in [0.717, 1.165) is 53.9 Å². The maximum Gasteiger partial charge on any atom is 0.227 e. The second-order valence-corrected chi connectivity index (χ2v) is 8.69. The second-order valence-electron chi connectivity index (χ2n) is 7.79. The number of fused-ring (bicyclic) bond motifs is 1. The van der Waals surface area contributed by atoms with E-state index < -0.39 is 0 Å². The molecule has 5 rings (SSSR count). The van der Waals surface area contributed by atoms with Gasteiger partial charge in [-0.15, -0.1) is 11.3 Å². The first-order valence-electron chi connectivity index (χ1n) is 9.84. The summed E-state index contributed by atoms with van der Waals surface area (Å²) < 4.78 is 6.21. The molecule has 0 saturated carbocycles. The van der Waals surface area contributed by atoms with Crippen LogP contribution in [0.5, 0.6) is 0 Å². The molecule has 2 aliphatic rings. The van der Waals surface area contributed by atoms with Crippen molar-refractivity contribution in [2.75, 3.05) is 25.0 Å². The number of piperidine rings is 1. The lowest BCUT2D eigenvalue weighted by Crippen LogP contribution is -2.47. The van der Waals surface area contributed by atoms with Gasteiger partial charge < -0.3 is 19.9 Å². The van der Waals surface area contributed by atoms with Gasteiger partial charge >= 0.3 is 0 Å². The van der Waals surface area contributed by atoms with E-state index in [-0.39, 0.29) is 11.5 Å². The summed E-state index contributed by atoms with van der Waals surface area (Å²) in [5, 5.41) is 7.54. The molecule has 0 bridgehead atoms. The lowest BCUT2D eigenvalue weighted by molar-refractivity contribution is -0.135. The number of nitrogens with zero attached hydrogens (tertiary/aromatic N) is 2. The number of benzene rings is 1. The highest BCUT2D eigenvalue weighted by atomic mass is 32.1. The van der Waals surface area contributed by atoms with E-state index in [9.17, 15) is 4.79 Å². The number of anilines is 1. The Hall–Kier alpha value is -2.38. The fourth-order valence-electron chi connectivity index (χ4n) is 4.47. The van der Waals surface area contributed by atoms with Gasteiger partial charge in [0.1, 0.15) is 0 Å². The van der Waals surface area contributed by atoms with E-state index in [1.165, 1.54) is 0 Å². The van der Waals surface area contributed by atoms with Crippen LogP contribution in [-0.4, -0.2) is 52.1 Å². The van der Waals surface area contributed by atoms with E-state index in [0.29, 0.717) is 19.1 Å². The molecule has 2 aromatic heterocycles. The molecular formula is C21H24N4O2S. The van der Waals surface area contributed by atoms with E-state index >= 15 is 0 Å². The Morgan fingerprint density at radius 3 is 3.04 bits per heavy atom. The maximum atomic E-state index is 12.8. The number of ether oxygens (including phenoxy) is 1. The van der Waals surface area contributed by atoms with E-state index in [2.05, 4.69) is 21.4 Å². The van der Waals surface area contributed by atoms with Gasteiger partial charge in [0.05, 0.1) is 24.7 Å². The van der Waals surface area contributed by atoms with Crippen LogP contribution in [-0.2, 0) is 16.0 Å². The number of hydrogen-bond donors (Lipinski definition) is 2. The third-order valence-electron chi connectivity index (χ3n) is 6.01. The number of aromatic nitrogens is 2. The number of thiazole rings is 1. The van der Waals surface area contributed by atoms with Gasteiger partial charge in [-0.2, -0.15) is 0 Å². The van der Waals surface area contributed by atoms with Crippen LogP contribution in [0.3, 0.4) is 0 Å². The zero-order valence-corrected chi connectivity index (χ0v) is 16.5. The van der Waals surface area contributed by atoms with Crippen LogP contribution < -0.4 is 5.32 Å². The summed E-state index contributed by atoms with van der Waals surface area (Å²) in [6.45, 7) is 2.25. The number of rotatable bonds is 4. The summed E-state index contributed by atoms with van der Waals surface area (Å²) in [7, 11) is 0. The molecule has 7 heteroatoms. The normalized spacial score (nSPS) is 21.4. The van der Waals surface area contributed by atoms with Crippen LogP contribution in [0.25, 0.3) is 10.9 Å². The van der Waals surface area contributed by atoms with Gasteiger partial charge in [0, 0.05) is 41.8 Å². The van der Waals surface area contributed by atoms with Crippen molar-refractivity contribution in [2.45, 2.75) is 37.3 Å². The Bertz CT molecular complexity index is 960. The molecule has 1 aromatic carbocycles. The molecule has 4 heterocycles. The Balaban J connectivity index is 1.17. The Morgan fingerprint density at radius 2 is 2.21 bits per heavy atom. The summed E-state index contributed by atoms with van der Waals surface area (Å²) >= 11 is 1.62. The Morgan fingerprint density at radius 1 is 1.36 bits per heavy atom. The van der Waals surface area contributed by atoms with E-state index in [1.807, 2.05) is 40.9 Å². The molecule has 0 radical (unpaired) electrons. The molecule has 3 aromatic rings. The fourth-order valence-corrected chi connectivity index (χ4v) is 5.08. The number of hydrogen-bond acceptors (Lipinski definition) is 5. The van der Waals surface area contributed by atoms with Crippen LogP contribution >= 0.6 is 11.3 Å². The van der Waals surface area contributed by atoms with Crippen molar-refractivity contribution in [1.29, 1.82) is 0 Å². The molecule has 2 saturated heterocycles. The standard InChI is InChI=1S/C21H24N4O2S/c26-19(11-15-13-23-18-4-2-1-3-17(15)18)25-8-5-21(6-9-25)12-16(14-27-21)24-20-22-7-10-28-20/h1-4,7,10,13,16,23H,5-6,8-9,11-12,14H2,(H,22,24). The molecule has 1 atom stereocenters. The highest BCUT2D eigenvalue weighted by Gasteiger charge is 2.43. The quantitative estimate of drug-likeness (QED) is 0.709. The van der Waals surface area contributed by atoms with Crippen molar-refractivity contribution >= 4 is 33.3 Å². The lowest BCUT2D eigenvalue weighted by Gasteiger charge is -2.38. The van der Waals surface area contributed by atoms with Crippen molar-refractivity contribution in [3.8, 4) is 0 Å². The van der Waals surface area contributed by atoms with Crippen molar-refractivity contribution in [1.82, 2.24) is 14.9 Å². The van der Waals surface area contributed by atoms with Crippen LogP contribution in [0.1, 0.15) is 24.8 Å². The minimum absolute atomic E-state index is 0.0908. The zero-order valence-electron chi connectivity index (χ0n) is 15.7. The van der Waals surface area contributed by atoms with Crippen molar-refractivity contribution < 1.29 is 9.53 Å². The molecule has 1 unspecified atom stereocenters. The minimum atomic E-state index is -0.0908. The lowest BCUT2D eigenvalue weighted by atomic mass is 9.87. The number of amides is 1. The Labute approximate surface area is 167 Å². The molecule has 1 spiro atoms. The molecule has 6 nitrogen and oxygen atoms in total. The second kappa shape index (κ2) is 7.22. The Kier molecular flexibility index (Phi) is 4.56. The molecule has 146 valence electrons. The van der Waals surface area contributed by atoms with Crippen molar-refractivity contribution in [2.24, 2.45) is 0 Å². The molecular weight excluding hydrogens is 372 g/mol. The summed E-state index contributed by atoms with van der Waals surface area (Å²) in [4.78, 5) is 22.4.